The van der Waals surface area contributed by atoms with Crippen molar-refractivity contribution in [3.63, 3.8) is 0 Å². The van der Waals surface area contributed by atoms with Gasteiger partial charge in [0, 0.05) is 75.7 Å². The summed E-state index contributed by atoms with van der Waals surface area (Å²) in [5, 5.41) is 14.8. The van der Waals surface area contributed by atoms with Gasteiger partial charge in [-0.2, -0.15) is 0 Å². The molecule has 2 unspecified atom stereocenters. The fraction of sp³-hybridized carbons (Fsp3) is 0.645. The number of nitrogens with zero attached hydrogens (tertiary/aromatic N) is 4. The second-order valence-corrected chi connectivity index (χ2v) is 14.5. The molecule has 1 aromatic carbocycles. The summed E-state index contributed by atoms with van der Waals surface area (Å²) in [4.78, 5) is 44.2. The molecule has 250 valence electrons. The third-order valence-corrected chi connectivity index (χ3v) is 9.47. The zero-order chi connectivity index (χ0) is 32.9. The molecule has 2 aliphatic rings. The number of pyridine rings is 1. The second kappa shape index (κ2) is 15.0. The minimum atomic E-state index is -3.25. The minimum Gasteiger partial charge on any atom is -0.404 e. The molecule has 2 bridgehead atoms. The first-order valence-electron chi connectivity index (χ1n) is 15.7. The van der Waals surface area contributed by atoms with Crippen LogP contribution in [0.3, 0.4) is 0 Å². The van der Waals surface area contributed by atoms with Crippen LogP contribution in [0.5, 0.6) is 5.75 Å². The van der Waals surface area contributed by atoms with Crippen LogP contribution < -0.4 is 20.3 Å². The van der Waals surface area contributed by atoms with Gasteiger partial charge in [0.2, 0.25) is 15.9 Å². The summed E-state index contributed by atoms with van der Waals surface area (Å²) in [6.07, 6.45) is 3.05. The SMILES string of the molecule is CC(=O)N(CCN(C)CCNS(C)(=O)=O)CC(O)CN1[C@@H]2CC[C@H]1CC(NC(=O)Oc1cc3ccccc3n(C(C)C)c1=O)C2. The van der Waals surface area contributed by atoms with E-state index >= 15 is 0 Å². The Morgan fingerprint density at radius 2 is 1.78 bits per heavy atom. The molecule has 45 heavy (non-hydrogen) atoms. The van der Waals surface area contributed by atoms with E-state index in [0.29, 0.717) is 39.0 Å². The van der Waals surface area contributed by atoms with Crippen molar-refractivity contribution in [1.29, 1.82) is 0 Å². The average Bonchev–Trinajstić information content (AvgIpc) is 3.16. The summed E-state index contributed by atoms with van der Waals surface area (Å²) < 4.78 is 32.2. The number of piperidine rings is 1. The summed E-state index contributed by atoms with van der Waals surface area (Å²) in [7, 11) is -1.40. The molecule has 13 nitrogen and oxygen atoms in total. The van der Waals surface area contributed by atoms with E-state index in [1.807, 2.05) is 50.1 Å². The van der Waals surface area contributed by atoms with Gasteiger partial charge < -0.3 is 29.5 Å². The highest BCUT2D eigenvalue weighted by atomic mass is 32.2. The standard InChI is InChI=1S/C31H48N6O7S/c1-21(2)37-28-9-7-6-8-23(28)16-29(30(37)40)44-31(41)33-24-17-25-10-11-26(18-24)36(25)20-27(39)19-35(22(3)38)15-14-34(4)13-12-32-45(5,42)43/h6-9,16,21,24-27,32,39H,10-15,17-20H2,1-5H3,(H,33,41)/t24?,25-,26+,27?. The number of benzene rings is 1. The number of fused-ring (bicyclic) bond motifs is 3. The number of aliphatic hydroxyl groups excluding tert-OH is 1. The monoisotopic (exact) mass is 648 g/mol. The Bertz CT molecular complexity index is 1500. The van der Waals surface area contributed by atoms with Gasteiger partial charge in [-0.25, -0.2) is 17.9 Å². The number of carbonyl (C=O) groups is 2. The quantitative estimate of drug-likeness (QED) is 0.276. The number of carbonyl (C=O) groups excluding carboxylic acids is 2. The molecule has 4 atom stereocenters. The Labute approximate surface area is 265 Å². The van der Waals surface area contributed by atoms with Gasteiger partial charge in [0.25, 0.3) is 5.56 Å². The maximum atomic E-state index is 13.2. The number of hydrogen-bond donors (Lipinski definition) is 3. The molecular formula is C31H48N6O7S. The van der Waals surface area contributed by atoms with Crippen molar-refractivity contribution >= 4 is 32.9 Å². The second-order valence-electron chi connectivity index (χ2n) is 12.7. The van der Waals surface area contributed by atoms with E-state index < -0.39 is 22.2 Å². The fourth-order valence-corrected chi connectivity index (χ4v) is 7.05. The third-order valence-electron chi connectivity index (χ3n) is 8.75. The van der Waals surface area contributed by atoms with Crippen molar-refractivity contribution in [2.24, 2.45) is 0 Å². The predicted molar refractivity (Wildman–Crippen MR) is 173 cm³/mol. The van der Waals surface area contributed by atoms with E-state index in [1.165, 1.54) is 6.92 Å². The molecule has 2 saturated heterocycles. The van der Waals surface area contributed by atoms with E-state index in [2.05, 4.69) is 14.9 Å². The van der Waals surface area contributed by atoms with Gasteiger partial charge in [-0.3, -0.25) is 14.5 Å². The van der Waals surface area contributed by atoms with Gasteiger partial charge in [0.05, 0.1) is 17.9 Å². The first-order chi connectivity index (χ1) is 21.2. The Balaban J connectivity index is 1.28. The minimum absolute atomic E-state index is 0.00443. The lowest BCUT2D eigenvalue weighted by Crippen LogP contribution is -2.54. The van der Waals surface area contributed by atoms with E-state index in [-0.39, 0.29) is 54.5 Å². The smallest absolute Gasteiger partial charge is 0.404 e. The van der Waals surface area contributed by atoms with Gasteiger partial charge in [0.15, 0.2) is 5.75 Å². The summed E-state index contributed by atoms with van der Waals surface area (Å²) in [5.41, 5.74) is 0.438. The van der Waals surface area contributed by atoms with E-state index in [1.54, 1.807) is 15.5 Å². The number of amides is 2. The average molecular weight is 649 g/mol. The predicted octanol–water partition coefficient (Wildman–Crippen LogP) is 1.36. The zero-order valence-electron chi connectivity index (χ0n) is 26.9. The summed E-state index contributed by atoms with van der Waals surface area (Å²) in [5.74, 6) is -0.136. The number of hydrogen-bond acceptors (Lipinski definition) is 9. The van der Waals surface area contributed by atoms with Crippen LogP contribution in [0.2, 0.25) is 0 Å². The molecule has 1 aromatic heterocycles. The van der Waals surface area contributed by atoms with Crippen LogP contribution in [0, 0.1) is 0 Å². The number of ether oxygens (including phenoxy) is 1. The summed E-state index contributed by atoms with van der Waals surface area (Å²) in [6.45, 7) is 7.69. The molecule has 14 heteroatoms. The van der Waals surface area contributed by atoms with Crippen molar-refractivity contribution in [2.45, 2.75) is 76.7 Å². The van der Waals surface area contributed by atoms with E-state index in [0.717, 1.165) is 30.0 Å². The van der Waals surface area contributed by atoms with E-state index in [4.69, 9.17) is 4.74 Å². The fourth-order valence-electron chi connectivity index (χ4n) is 6.59. The largest absolute Gasteiger partial charge is 0.413 e. The van der Waals surface area contributed by atoms with Crippen LogP contribution in [0.1, 0.15) is 52.5 Å². The normalized spacial score (nSPS) is 20.9. The lowest BCUT2D eigenvalue weighted by molar-refractivity contribution is -0.130. The Morgan fingerprint density at radius 1 is 1.11 bits per heavy atom. The van der Waals surface area contributed by atoms with Crippen LogP contribution in [0.4, 0.5) is 4.79 Å². The molecule has 4 rings (SSSR count). The number of nitrogens with one attached hydrogen (secondary N) is 2. The Hall–Kier alpha value is -3.04. The van der Waals surface area contributed by atoms with Gasteiger partial charge in [-0.1, -0.05) is 18.2 Å². The van der Waals surface area contributed by atoms with E-state index in [9.17, 15) is 27.9 Å². The highest BCUT2D eigenvalue weighted by Crippen LogP contribution is 2.36. The molecule has 2 aromatic rings. The van der Waals surface area contributed by atoms with Crippen LogP contribution >= 0.6 is 0 Å². The first kappa shape index (κ1) is 34.8. The maximum Gasteiger partial charge on any atom is 0.413 e. The molecule has 0 radical (unpaired) electrons. The van der Waals surface area contributed by atoms with Crippen LogP contribution in [0.15, 0.2) is 35.1 Å². The number of likely N-dealkylation sites (N-methyl/N-ethyl adjacent to an activating group) is 1. The highest BCUT2D eigenvalue weighted by Gasteiger charge is 2.42. The van der Waals surface area contributed by atoms with Gasteiger partial charge in [-0.15, -0.1) is 0 Å². The molecule has 3 heterocycles. The topological polar surface area (TPSA) is 154 Å². The van der Waals surface area contributed by atoms with Crippen molar-refractivity contribution in [2.75, 3.05) is 52.6 Å². The maximum absolute atomic E-state index is 13.2. The Morgan fingerprint density at radius 3 is 2.40 bits per heavy atom. The molecule has 3 N–H and O–H groups in total. The molecule has 2 amide bonds. The number of aromatic nitrogens is 1. The number of sulfonamides is 1. The third kappa shape index (κ3) is 9.49. The van der Waals surface area contributed by atoms with Crippen molar-refractivity contribution < 1.29 is 27.9 Å². The molecule has 0 spiro atoms. The lowest BCUT2D eigenvalue weighted by Gasteiger charge is -2.40. The van der Waals surface area contributed by atoms with Gasteiger partial charge in [-0.05, 0) is 58.7 Å². The van der Waals surface area contributed by atoms with Crippen LogP contribution in [-0.4, -0.2) is 122 Å². The Kier molecular flexibility index (Phi) is 11.6. The van der Waals surface area contributed by atoms with Crippen LogP contribution in [-0.2, 0) is 14.8 Å². The van der Waals surface area contributed by atoms with Crippen molar-refractivity contribution in [1.82, 2.24) is 29.3 Å². The zero-order valence-corrected chi connectivity index (χ0v) is 27.8. The molecule has 0 saturated carbocycles. The first-order valence-corrected chi connectivity index (χ1v) is 17.6. The molecule has 0 aliphatic carbocycles. The highest BCUT2D eigenvalue weighted by molar-refractivity contribution is 7.88. The van der Waals surface area contributed by atoms with Gasteiger partial charge in [0.1, 0.15) is 0 Å². The van der Waals surface area contributed by atoms with Gasteiger partial charge >= 0.3 is 6.09 Å². The molecular weight excluding hydrogens is 600 g/mol. The number of para-hydroxylation sites is 1. The number of rotatable bonds is 14. The van der Waals surface area contributed by atoms with Crippen LogP contribution in [0.25, 0.3) is 10.9 Å². The van der Waals surface area contributed by atoms with Crippen molar-refractivity contribution in [3.8, 4) is 5.75 Å². The molecule has 2 aliphatic heterocycles. The summed E-state index contributed by atoms with van der Waals surface area (Å²) in [6, 6.07) is 9.27. The number of aliphatic hydroxyl groups is 1. The molecule has 2 fully saturated rings. The van der Waals surface area contributed by atoms with Crippen molar-refractivity contribution in [3.05, 3.63) is 40.7 Å². The lowest BCUT2D eigenvalue weighted by atomic mass is 9.97. The summed E-state index contributed by atoms with van der Waals surface area (Å²) >= 11 is 0.